The predicted octanol–water partition coefficient (Wildman–Crippen LogP) is 3.06. The lowest BCUT2D eigenvalue weighted by atomic mass is 10.2. The molecule has 2 aromatic carbocycles. The highest BCUT2D eigenvalue weighted by molar-refractivity contribution is 7.92. The van der Waals surface area contributed by atoms with Gasteiger partial charge in [-0.2, -0.15) is 0 Å². The molecule has 1 saturated heterocycles. The molecule has 1 N–H and O–H groups in total. The summed E-state index contributed by atoms with van der Waals surface area (Å²) in [6, 6.07) is 13.8. The minimum atomic E-state index is -4.41. The highest BCUT2D eigenvalue weighted by Gasteiger charge is 2.40. The highest BCUT2D eigenvalue weighted by atomic mass is 35.5. The average Bonchev–Trinajstić information content (AvgIpc) is 3.42. The van der Waals surface area contributed by atoms with Crippen LogP contribution in [0.3, 0.4) is 0 Å². The van der Waals surface area contributed by atoms with Crippen molar-refractivity contribution in [2.24, 2.45) is 0 Å². The maximum absolute atomic E-state index is 13.4. The Hall–Kier alpha value is -3.28. The van der Waals surface area contributed by atoms with Crippen LogP contribution in [0.25, 0.3) is 0 Å². The smallest absolute Gasteiger partial charge is 0.262 e. The Morgan fingerprint density at radius 2 is 1.56 bits per heavy atom. The standard InChI is InChI=1S/C24H21ClFN3O5S2/c25-19-5-2-1-4-18(19)23(31)28-11-13-29(14-12-28)24(32)22(27-21(30)20-6-3-15-35-20)36(33,34)17-9-7-16(26)8-10-17/h1-10,15,22H,11-14H2,(H,27,30)/t22-/m0/s1. The van der Waals surface area contributed by atoms with Gasteiger partial charge < -0.3 is 15.1 Å². The summed E-state index contributed by atoms with van der Waals surface area (Å²) in [5.41, 5.74) is 0.332. The molecular weight excluding hydrogens is 529 g/mol. The Kier molecular flexibility index (Phi) is 7.72. The van der Waals surface area contributed by atoms with E-state index in [4.69, 9.17) is 11.6 Å². The summed E-state index contributed by atoms with van der Waals surface area (Å²) in [4.78, 5) is 41.7. The van der Waals surface area contributed by atoms with Crippen molar-refractivity contribution in [3.05, 3.63) is 87.3 Å². The van der Waals surface area contributed by atoms with Crippen LogP contribution in [0.4, 0.5) is 4.39 Å². The Bertz CT molecular complexity index is 1370. The van der Waals surface area contributed by atoms with Crippen molar-refractivity contribution in [2.45, 2.75) is 10.3 Å². The molecular formula is C24H21ClFN3O5S2. The molecule has 36 heavy (non-hydrogen) atoms. The fourth-order valence-electron chi connectivity index (χ4n) is 3.73. The second-order valence-corrected chi connectivity index (χ2v) is 11.3. The van der Waals surface area contributed by atoms with Crippen molar-refractivity contribution < 1.29 is 27.2 Å². The van der Waals surface area contributed by atoms with E-state index in [9.17, 15) is 27.2 Å². The van der Waals surface area contributed by atoms with Crippen molar-refractivity contribution in [1.29, 1.82) is 0 Å². The first-order chi connectivity index (χ1) is 17.2. The van der Waals surface area contributed by atoms with E-state index in [2.05, 4.69) is 5.32 Å². The molecule has 3 amide bonds. The number of carbonyl (C=O) groups excluding carboxylic acids is 3. The Morgan fingerprint density at radius 3 is 2.17 bits per heavy atom. The van der Waals surface area contributed by atoms with E-state index in [-0.39, 0.29) is 41.9 Å². The van der Waals surface area contributed by atoms with E-state index < -0.39 is 32.8 Å². The van der Waals surface area contributed by atoms with Gasteiger partial charge in [-0.15, -0.1) is 11.3 Å². The summed E-state index contributed by atoms with van der Waals surface area (Å²) in [5, 5.41) is 2.37. The average molecular weight is 550 g/mol. The zero-order valence-electron chi connectivity index (χ0n) is 18.8. The minimum absolute atomic E-state index is 0.0549. The van der Waals surface area contributed by atoms with Gasteiger partial charge in [0.1, 0.15) is 5.82 Å². The Balaban J connectivity index is 1.54. The lowest BCUT2D eigenvalue weighted by molar-refractivity contribution is -0.132. The molecule has 0 spiro atoms. The number of hydrogen-bond acceptors (Lipinski definition) is 6. The number of sulfone groups is 1. The quantitative estimate of drug-likeness (QED) is 0.476. The second kappa shape index (κ2) is 10.8. The Labute approximate surface area is 216 Å². The number of piperazine rings is 1. The number of thiophene rings is 1. The van der Waals surface area contributed by atoms with Crippen molar-refractivity contribution in [1.82, 2.24) is 15.1 Å². The Morgan fingerprint density at radius 1 is 0.917 bits per heavy atom. The van der Waals surface area contributed by atoms with E-state index in [0.717, 1.165) is 35.6 Å². The third-order valence-electron chi connectivity index (χ3n) is 5.67. The van der Waals surface area contributed by atoms with Crippen LogP contribution in [-0.2, 0) is 14.6 Å². The van der Waals surface area contributed by atoms with Crippen molar-refractivity contribution in [2.75, 3.05) is 26.2 Å². The summed E-state index contributed by atoms with van der Waals surface area (Å²) in [7, 11) is -4.41. The fraction of sp³-hybridized carbons (Fsp3) is 0.208. The molecule has 1 atom stereocenters. The maximum Gasteiger partial charge on any atom is 0.262 e. The van der Waals surface area contributed by atoms with Crippen LogP contribution in [0.1, 0.15) is 20.0 Å². The number of nitrogens with one attached hydrogen (secondary N) is 1. The summed E-state index contributed by atoms with van der Waals surface area (Å²) in [6.07, 6.45) is 0. The monoisotopic (exact) mass is 549 g/mol. The largest absolute Gasteiger partial charge is 0.336 e. The number of rotatable bonds is 6. The number of carbonyl (C=O) groups is 3. The summed E-state index contributed by atoms with van der Waals surface area (Å²) < 4.78 is 40.1. The van der Waals surface area contributed by atoms with Crippen LogP contribution in [-0.4, -0.2) is 67.5 Å². The molecule has 4 rings (SSSR count). The van der Waals surface area contributed by atoms with Crippen LogP contribution in [0.5, 0.6) is 0 Å². The van der Waals surface area contributed by atoms with Crippen LogP contribution in [0.15, 0.2) is 70.9 Å². The number of hydrogen-bond donors (Lipinski definition) is 1. The molecule has 1 fully saturated rings. The number of nitrogens with zero attached hydrogens (tertiary/aromatic N) is 2. The van der Waals surface area contributed by atoms with E-state index in [1.807, 2.05) is 0 Å². The van der Waals surface area contributed by atoms with Gasteiger partial charge in [0.2, 0.25) is 15.2 Å². The first-order valence-corrected chi connectivity index (χ1v) is 13.7. The first kappa shape index (κ1) is 25.8. The maximum atomic E-state index is 13.4. The lowest BCUT2D eigenvalue weighted by Gasteiger charge is -2.36. The minimum Gasteiger partial charge on any atom is -0.336 e. The molecule has 1 aliphatic rings. The molecule has 0 unspecified atom stereocenters. The third kappa shape index (κ3) is 5.43. The highest BCUT2D eigenvalue weighted by Crippen LogP contribution is 2.21. The lowest BCUT2D eigenvalue weighted by Crippen LogP contribution is -2.57. The molecule has 12 heteroatoms. The van der Waals surface area contributed by atoms with Gasteiger partial charge in [0.25, 0.3) is 17.7 Å². The van der Waals surface area contributed by atoms with Crippen LogP contribution in [0, 0.1) is 5.82 Å². The molecule has 0 saturated carbocycles. The first-order valence-electron chi connectivity index (χ1n) is 10.8. The molecule has 1 aromatic heterocycles. The van der Waals surface area contributed by atoms with Crippen molar-refractivity contribution >= 4 is 50.5 Å². The number of benzene rings is 2. The van der Waals surface area contributed by atoms with Gasteiger partial charge in [0.15, 0.2) is 0 Å². The fourth-order valence-corrected chi connectivity index (χ4v) is 6.04. The topological polar surface area (TPSA) is 104 Å². The molecule has 0 aliphatic carbocycles. The normalized spacial score (nSPS) is 14.8. The van der Waals surface area contributed by atoms with Gasteiger partial charge in [0.05, 0.1) is 20.4 Å². The molecule has 0 bridgehead atoms. The zero-order chi connectivity index (χ0) is 25.9. The molecule has 2 heterocycles. The van der Waals surface area contributed by atoms with Gasteiger partial charge in [-0.1, -0.05) is 29.8 Å². The summed E-state index contributed by atoms with van der Waals surface area (Å²) >= 11 is 7.22. The molecule has 188 valence electrons. The van der Waals surface area contributed by atoms with E-state index in [1.54, 1.807) is 35.7 Å². The molecule has 8 nitrogen and oxygen atoms in total. The van der Waals surface area contributed by atoms with Gasteiger partial charge in [-0.05, 0) is 47.8 Å². The second-order valence-electron chi connectivity index (χ2n) is 7.93. The third-order valence-corrected chi connectivity index (χ3v) is 8.73. The SMILES string of the molecule is O=C(N[C@H](C(=O)N1CCN(C(=O)c2ccccc2Cl)CC1)S(=O)(=O)c1ccc(F)cc1)c1cccs1. The van der Waals surface area contributed by atoms with E-state index in [0.29, 0.717) is 10.6 Å². The van der Waals surface area contributed by atoms with Crippen molar-refractivity contribution in [3.63, 3.8) is 0 Å². The van der Waals surface area contributed by atoms with E-state index in [1.165, 1.54) is 15.9 Å². The van der Waals surface area contributed by atoms with Gasteiger partial charge in [-0.25, -0.2) is 12.8 Å². The van der Waals surface area contributed by atoms with Gasteiger partial charge >= 0.3 is 0 Å². The number of amides is 3. The zero-order valence-corrected chi connectivity index (χ0v) is 21.2. The van der Waals surface area contributed by atoms with Crippen LogP contribution >= 0.6 is 22.9 Å². The summed E-state index contributed by atoms with van der Waals surface area (Å²) in [5.74, 6) is -2.50. The van der Waals surface area contributed by atoms with Crippen molar-refractivity contribution in [3.8, 4) is 0 Å². The number of halogens is 2. The molecule has 0 radical (unpaired) electrons. The summed E-state index contributed by atoms with van der Waals surface area (Å²) in [6.45, 7) is 0.411. The van der Waals surface area contributed by atoms with Gasteiger partial charge in [0, 0.05) is 26.2 Å². The van der Waals surface area contributed by atoms with Gasteiger partial charge in [-0.3, -0.25) is 14.4 Å². The van der Waals surface area contributed by atoms with Crippen LogP contribution < -0.4 is 5.32 Å². The molecule has 3 aromatic rings. The predicted molar refractivity (Wildman–Crippen MR) is 133 cm³/mol. The molecule has 1 aliphatic heterocycles. The van der Waals surface area contributed by atoms with Crippen LogP contribution in [0.2, 0.25) is 5.02 Å². The van der Waals surface area contributed by atoms with E-state index >= 15 is 0 Å².